The van der Waals surface area contributed by atoms with Crippen molar-refractivity contribution in [2.45, 2.75) is 19.0 Å². The van der Waals surface area contributed by atoms with E-state index >= 15 is 0 Å². The van der Waals surface area contributed by atoms with Crippen molar-refractivity contribution in [1.29, 1.82) is 0 Å². The normalized spacial score (nSPS) is 20.3. The predicted octanol–water partition coefficient (Wildman–Crippen LogP) is 1.44. The number of aliphatic imine (C=N–C) groups is 1. The molecule has 1 aromatic carbocycles. The smallest absolute Gasteiger partial charge is 0.124 e. The average molecular weight is 263 g/mol. The largest absolute Gasteiger partial charge is 0.404 e. The van der Waals surface area contributed by atoms with Gasteiger partial charge in [-0.25, -0.2) is 4.39 Å². The summed E-state index contributed by atoms with van der Waals surface area (Å²) in [6.07, 6.45) is 4.01. The van der Waals surface area contributed by atoms with Crippen LogP contribution in [0.1, 0.15) is 17.5 Å². The van der Waals surface area contributed by atoms with Crippen LogP contribution >= 0.6 is 0 Å². The Balaban J connectivity index is 2.19. The van der Waals surface area contributed by atoms with Crippen molar-refractivity contribution in [3.8, 4) is 0 Å². The first-order valence-corrected chi connectivity index (χ1v) is 6.25. The number of halogens is 1. The van der Waals surface area contributed by atoms with Gasteiger partial charge in [-0.05, 0) is 35.7 Å². The van der Waals surface area contributed by atoms with Crippen molar-refractivity contribution in [3.05, 3.63) is 41.3 Å². The van der Waals surface area contributed by atoms with Crippen LogP contribution < -0.4 is 11.5 Å². The van der Waals surface area contributed by atoms with Crippen LogP contribution in [-0.2, 0) is 11.3 Å². The van der Waals surface area contributed by atoms with Gasteiger partial charge in [-0.1, -0.05) is 0 Å². The Labute approximate surface area is 112 Å². The van der Waals surface area contributed by atoms with E-state index in [2.05, 4.69) is 4.99 Å². The average Bonchev–Trinajstić information content (AvgIpc) is 2.92. The third-order valence-corrected chi connectivity index (χ3v) is 3.04. The zero-order valence-electron chi connectivity index (χ0n) is 10.7. The van der Waals surface area contributed by atoms with Gasteiger partial charge in [0.25, 0.3) is 0 Å². The SMILES string of the molecule is NC=C(C=NC1CCOC1)c1cc(F)cc(CN)c1. The molecule has 1 aromatic rings. The molecule has 0 bridgehead atoms. The minimum Gasteiger partial charge on any atom is -0.404 e. The summed E-state index contributed by atoms with van der Waals surface area (Å²) < 4.78 is 18.7. The van der Waals surface area contributed by atoms with Crippen LogP contribution in [0.5, 0.6) is 0 Å². The molecule has 4 nitrogen and oxygen atoms in total. The molecule has 1 aliphatic heterocycles. The minimum atomic E-state index is -0.324. The number of nitrogens with zero attached hydrogens (tertiary/aromatic N) is 1. The van der Waals surface area contributed by atoms with E-state index in [0.717, 1.165) is 18.6 Å². The first-order chi connectivity index (χ1) is 9.22. The number of allylic oxidation sites excluding steroid dienone is 1. The molecule has 0 radical (unpaired) electrons. The van der Waals surface area contributed by atoms with E-state index in [1.54, 1.807) is 6.21 Å². The van der Waals surface area contributed by atoms with E-state index in [4.69, 9.17) is 16.2 Å². The van der Waals surface area contributed by atoms with E-state index in [9.17, 15) is 4.39 Å². The Morgan fingerprint density at radius 1 is 1.47 bits per heavy atom. The highest BCUT2D eigenvalue weighted by atomic mass is 19.1. The molecule has 1 saturated heterocycles. The van der Waals surface area contributed by atoms with Gasteiger partial charge in [0.2, 0.25) is 0 Å². The summed E-state index contributed by atoms with van der Waals surface area (Å²) >= 11 is 0. The Morgan fingerprint density at radius 2 is 2.32 bits per heavy atom. The van der Waals surface area contributed by atoms with Gasteiger partial charge < -0.3 is 16.2 Å². The van der Waals surface area contributed by atoms with Crippen LogP contribution in [0.2, 0.25) is 0 Å². The number of rotatable bonds is 4. The van der Waals surface area contributed by atoms with E-state index < -0.39 is 0 Å². The van der Waals surface area contributed by atoms with Gasteiger partial charge in [0, 0.05) is 31.1 Å². The van der Waals surface area contributed by atoms with Crippen molar-refractivity contribution >= 4 is 11.8 Å². The zero-order valence-corrected chi connectivity index (χ0v) is 10.7. The molecule has 1 fully saturated rings. The monoisotopic (exact) mass is 263 g/mol. The van der Waals surface area contributed by atoms with Crippen molar-refractivity contribution < 1.29 is 9.13 Å². The van der Waals surface area contributed by atoms with Crippen LogP contribution in [0.4, 0.5) is 4.39 Å². The highest BCUT2D eigenvalue weighted by molar-refractivity contribution is 6.09. The number of ether oxygens (including phenoxy) is 1. The maximum atomic E-state index is 13.5. The summed E-state index contributed by atoms with van der Waals surface area (Å²) in [6.45, 7) is 1.66. The maximum Gasteiger partial charge on any atom is 0.124 e. The molecule has 0 amide bonds. The molecule has 1 heterocycles. The summed E-state index contributed by atoms with van der Waals surface area (Å²) in [5, 5.41) is 0. The molecule has 19 heavy (non-hydrogen) atoms. The molecular weight excluding hydrogens is 245 g/mol. The minimum absolute atomic E-state index is 0.164. The van der Waals surface area contributed by atoms with Gasteiger partial charge >= 0.3 is 0 Å². The van der Waals surface area contributed by atoms with Crippen LogP contribution in [0.3, 0.4) is 0 Å². The van der Waals surface area contributed by atoms with Gasteiger partial charge in [0.05, 0.1) is 12.6 Å². The van der Waals surface area contributed by atoms with E-state index in [0.29, 0.717) is 17.7 Å². The Hall–Kier alpha value is -1.72. The van der Waals surface area contributed by atoms with E-state index in [1.807, 2.05) is 6.07 Å². The van der Waals surface area contributed by atoms with Gasteiger partial charge in [-0.2, -0.15) is 0 Å². The Kier molecular flexibility index (Phi) is 4.65. The third-order valence-electron chi connectivity index (χ3n) is 3.04. The molecule has 2 rings (SSSR count). The van der Waals surface area contributed by atoms with Crippen molar-refractivity contribution in [2.75, 3.05) is 13.2 Å². The number of nitrogens with two attached hydrogens (primary N) is 2. The van der Waals surface area contributed by atoms with Crippen molar-refractivity contribution in [2.24, 2.45) is 16.5 Å². The van der Waals surface area contributed by atoms with Crippen LogP contribution in [0.25, 0.3) is 5.57 Å². The second kappa shape index (κ2) is 6.45. The summed E-state index contributed by atoms with van der Waals surface area (Å²) in [6, 6.07) is 4.82. The second-order valence-electron chi connectivity index (χ2n) is 4.47. The Morgan fingerprint density at radius 3 is 2.95 bits per heavy atom. The molecule has 1 unspecified atom stereocenters. The number of hydrogen-bond donors (Lipinski definition) is 2. The summed E-state index contributed by atoms with van der Waals surface area (Å²) in [5.74, 6) is -0.324. The summed E-state index contributed by atoms with van der Waals surface area (Å²) in [7, 11) is 0. The van der Waals surface area contributed by atoms with Crippen molar-refractivity contribution in [1.82, 2.24) is 0 Å². The van der Waals surface area contributed by atoms with Crippen LogP contribution in [-0.4, -0.2) is 25.5 Å². The first kappa shape index (κ1) is 13.7. The molecule has 4 N–H and O–H groups in total. The fourth-order valence-corrected chi connectivity index (χ4v) is 1.97. The first-order valence-electron chi connectivity index (χ1n) is 6.25. The maximum absolute atomic E-state index is 13.5. The molecule has 1 atom stereocenters. The molecule has 1 aliphatic rings. The zero-order chi connectivity index (χ0) is 13.7. The lowest BCUT2D eigenvalue weighted by molar-refractivity contribution is 0.194. The summed E-state index contributed by atoms with van der Waals surface area (Å²) in [4.78, 5) is 4.40. The van der Waals surface area contributed by atoms with Crippen LogP contribution in [0, 0.1) is 5.82 Å². The quantitative estimate of drug-likeness (QED) is 0.807. The Bertz CT molecular complexity index is 493. The van der Waals surface area contributed by atoms with E-state index in [1.165, 1.54) is 18.3 Å². The van der Waals surface area contributed by atoms with Gasteiger partial charge in [0.1, 0.15) is 5.82 Å². The molecule has 5 heteroatoms. The standard InChI is InChI=1S/C14H18FN3O/c15-13-4-10(6-16)3-11(5-13)12(7-17)8-18-14-1-2-19-9-14/h3-5,7-8,14H,1-2,6,9,16-17H2. The lowest BCUT2D eigenvalue weighted by Crippen LogP contribution is -2.04. The second-order valence-corrected chi connectivity index (χ2v) is 4.47. The third kappa shape index (κ3) is 3.62. The molecule has 0 saturated carbocycles. The predicted molar refractivity (Wildman–Crippen MR) is 74.2 cm³/mol. The molecule has 0 spiro atoms. The highest BCUT2D eigenvalue weighted by Crippen LogP contribution is 2.17. The van der Waals surface area contributed by atoms with E-state index in [-0.39, 0.29) is 18.4 Å². The summed E-state index contributed by atoms with van der Waals surface area (Å²) in [5.41, 5.74) is 13.2. The van der Waals surface area contributed by atoms with Crippen molar-refractivity contribution in [3.63, 3.8) is 0 Å². The van der Waals surface area contributed by atoms with Crippen LogP contribution in [0.15, 0.2) is 29.4 Å². The number of benzene rings is 1. The number of hydrogen-bond acceptors (Lipinski definition) is 4. The fourth-order valence-electron chi connectivity index (χ4n) is 1.97. The molecule has 102 valence electrons. The topological polar surface area (TPSA) is 73.6 Å². The van der Waals surface area contributed by atoms with Gasteiger partial charge in [0.15, 0.2) is 0 Å². The lowest BCUT2D eigenvalue weighted by Gasteiger charge is -2.06. The molecule has 0 aliphatic carbocycles. The highest BCUT2D eigenvalue weighted by Gasteiger charge is 2.13. The van der Waals surface area contributed by atoms with Gasteiger partial charge in [-0.3, -0.25) is 4.99 Å². The molecular formula is C14H18FN3O. The lowest BCUT2D eigenvalue weighted by atomic mass is 10.0. The van der Waals surface area contributed by atoms with Gasteiger partial charge in [-0.15, -0.1) is 0 Å². The fraction of sp³-hybridized carbons (Fsp3) is 0.357. The molecule has 0 aromatic heterocycles.